The van der Waals surface area contributed by atoms with Crippen LogP contribution in [0.15, 0.2) is 18.2 Å². The lowest BCUT2D eigenvalue weighted by Gasteiger charge is -2.19. The molecule has 4 nitrogen and oxygen atoms in total. The molecule has 0 atom stereocenters. The smallest absolute Gasteiger partial charge is 0.407 e. The number of benzene rings is 1. The average Bonchev–Trinajstić information content (AvgIpc) is 2.30. The molecule has 1 amide bonds. The van der Waals surface area contributed by atoms with Crippen LogP contribution in [0, 0.1) is 17.7 Å². The maximum absolute atomic E-state index is 13.3. The van der Waals surface area contributed by atoms with Gasteiger partial charge >= 0.3 is 6.09 Å². The molecule has 0 fully saturated rings. The topological polar surface area (TPSA) is 58.6 Å². The van der Waals surface area contributed by atoms with Crippen LogP contribution in [0.3, 0.4) is 0 Å². The minimum Gasteiger partial charge on any atom is -0.508 e. The first-order valence-electron chi connectivity index (χ1n) is 6.22. The number of alkyl carbamates (subject to hydrolysis) is 1. The van der Waals surface area contributed by atoms with Gasteiger partial charge in [-0.25, -0.2) is 9.18 Å². The molecule has 20 heavy (non-hydrogen) atoms. The van der Waals surface area contributed by atoms with Crippen LogP contribution in [0.2, 0.25) is 0 Å². The first-order valence-corrected chi connectivity index (χ1v) is 6.22. The van der Waals surface area contributed by atoms with E-state index >= 15 is 0 Å². The van der Waals surface area contributed by atoms with Gasteiger partial charge in [0.15, 0.2) is 0 Å². The number of hydrogen-bond donors (Lipinski definition) is 2. The Morgan fingerprint density at radius 1 is 1.45 bits per heavy atom. The number of hydrogen-bond acceptors (Lipinski definition) is 3. The molecule has 0 bridgehead atoms. The van der Waals surface area contributed by atoms with E-state index in [9.17, 15) is 14.3 Å². The lowest BCUT2D eigenvalue weighted by molar-refractivity contribution is 0.0529. The van der Waals surface area contributed by atoms with Crippen molar-refractivity contribution in [2.75, 3.05) is 6.54 Å². The fourth-order valence-electron chi connectivity index (χ4n) is 1.31. The van der Waals surface area contributed by atoms with E-state index in [2.05, 4.69) is 17.2 Å². The van der Waals surface area contributed by atoms with Crippen LogP contribution < -0.4 is 5.32 Å². The van der Waals surface area contributed by atoms with Gasteiger partial charge < -0.3 is 15.2 Å². The lowest BCUT2D eigenvalue weighted by Crippen LogP contribution is -2.32. The van der Waals surface area contributed by atoms with E-state index < -0.39 is 17.5 Å². The Labute approximate surface area is 117 Å². The highest BCUT2D eigenvalue weighted by atomic mass is 19.1. The number of carbonyl (C=O) groups is 1. The van der Waals surface area contributed by atoms with Crippen molar-refractivity contribution in [2.45, 2.75) is 32.8 Å². The Kier molecular flexibility index (Phi) is 5.39. The molecule has 0 aliphatic rings. The van der Waals surface area contributed by atoms with Gasteiger partial charge in [-0.15, -0.1) is 0 Å². The number of phenols is 1. The molecule has 0 aliphatic heterocycles. The van der Waals surface area contributed by atoms with Gasteiger partial charge in [0.2, 0.25) is 0 Å². The summed E-state index contributed by atoms with van der Waals surface area (Å²) in [5, 5.41) is 11.8. The highest BCUT2D eigenvalue weighted by Crippen LogP contribution is 2.13. The van der Waals surface area contributed by atoms with Gasteiger partial charge in [0.05, 0.1) is 5.56 Å². The Morgan fingerprint density at radius 2 is 2.15 bits per heavy atom. The van der Waals surface area contributed by atoms with Crippen molar-refractivity contribution in [3.63, 3.8) is 0 Å². The zero-order valence-corrected chi connectivity index (χ0v) is 11.8. The van der Waals surface area contributed by atoms with Crippen molar-refractivity contribution in [3.05, 3.63) is 29.6 Å². The van der Waals surface area contributed by atoms with Crippen molar-refractivity contribution in [1.82, 2.24) is 5.32 Å². The van der Waals surface area contributed by atoms with Crippen molar-refractivity contribution in [3.8, 4) is 17.6 Å². The van der Waals surface area contributed by atoms with Gasteiger partial charge in [-0.3, -0.25) is 0 Å². The minimum absolute atomic E-state index is 0.0393. The first-order chi connectivity index (χ1) is 9.28. The molecular formula is C15H18FNO3. The van der Waals surface area contributed by atoms with E-state index in [1.807, 2.05) is 0 Å². The third-order valence-corrected chi connectivity index (χ3v) is 2.09. The molecule has 0 spiro atoms. The summed E-state index contributed by atoms with van der Waals surface area (Å²) in [6.45, 7) is 5.63. The van der Waals surface area contributed by atoms with Gasteiger partial charge in [0.1, 0.15) is 17.2 Å². The Balaban J connectivity index is 2.40. The van der Waals surface area contributed by atoms with E-state index in [0.717, 1.165) is 6.07 Å². The average molecular weight is 279 g/mol. The summed E-state index contributed by atoms with van der Waals surface area (Å²) in [5.41, 5.74) is -0.414. The number of amides is 1. The molecule has 0 heterocycles. The predicted octanol–water partition coefficient (Wildman–Crippen LogP) is 2.80. The van der Waals surface area contributed by atoms with Crippen LogP contribution in [-0.4, -0.2) is 23.3 Å². The second-order valence-electron chi connectivity index (χ2n) is 5.14. The van der Waals surface area contributed by atoms with Gasteiger partial charge in [-0.05, 0) is 39.0 Å². The number of halogens is 1. The van der Waals surface area contributed by atoms with Crippen molar-refractivity contribution in [1.29, 1.82) is 0 Å². The Bertz CT molecular complexity index is 538. The molecule has 0 unspecified atom stereocenters. The molecule has 0 radical (unpaired) electrons. The molecule has 5 heteroatoms. The molecule has 0 saturated carbocycles. The van der Waals surface area contributed by atoms with Crippen LogP contribution in [0.5, 0.6) is 5.75 Å². The summed E-state index contributed by atoms with van der Waals surface area (Å²) in [5.74, 6) is 4.79. The quantitative estimate of drug-likeness (QED) is 0.646. The van der Waals surface area contributed by atoms with Crippen LogP contribution in [0.25, 0.3) is 0 Å². The molecule has 0 saturated heterocycles. The van der Waals surface area contributed by atoms with E-state index in [1.54, 1.807) is 20.8 Å². The van der Waals surface area contributed by atoms with E-state index in [0.29, 0.717) is 13.0 Å². The third kappa shape index (κ3) is 6.10. The second kappa shape index (κ2) is 6.80. The van der Waals surface area contributed by atoms with Crippen LogP contribution in [0.1, 0.15) is 32.8 Å². The Hall–Kier alpha value is -2.22. The number of rotatable bonds is 2. The van der Waals surface area contributed by atoms with Gasteiger partial charge in [-0.2, -0.15) is 0 Å². The summed E-state index contributed by atoms with van der Waals surface area (Å²) < 4.78 is 18.3. The molecule has 1 aromatic rings. The van der Waals surface area contributed by atoms with E-state index in [-0.39, 0.29) is 11.3 Å². The number of nitrogens with one attached hydrogen (secondary N) is 1. The normalized spacial score (nSPS) is 10.4. The van der Waals surface area contributed by atoms with Gasteiger partial charge in [0.25, 0.3) is 0 Å². The summed E-state index contributed by atoms with van der Waals surface area (Å²) in [6, 6.07) is 3.66. The van der Waals surface area contributed by atoms with Gasteiger partial charge in [-0.1, -0.05) is 11.8 Å². The fraction of sp³-hybridized carbons (Fsp3) is 0.400. The summed E-state index contributed by atoms with van der Waals surface area (Å²) in [4.78, 5) is 11.3. The van der Waals surface area contributed by atoms with E-state index in [1.165, 1.54) is 12.1 Å². The molecular weight excluding hydrogens is 261 g/mol. The Morgan fingerprint density at radius 3 is 2.80 bits per heavy atom. The number of carbonyl (C=O) groups excluding carboxylic acids is 1. The predicted molar refractivity (Wildman–Crippen MR) is 73.8 cm³/mol. The largest absolute Gasteiger partial charge is 0.508 e. The van der Waals surface area contributed by atoms with Crippen LogP contribution in [0.4, 0.5) is 9.18 Å². The number of aromatic hydroxyl groups is 1. The first kappa shape index (κ1) is 15.8. The standard InChI is InChI=1S/C15H18FNO3/c1-15(2,3)20-14(19)17-9-5-4-6-11-10-12(18)7-8-13(11)16/h7-8,10,18H,5,9H2,1-3H3,(H,17,19). The van der Waals surface area contributed by atoms with E-state index in [4.69, 9.17) is 4.74 Å². The molecule has 0 aromatic heterocycles. The third-order valence-electron chi connectivity index (χ3n) is 2.09. The lowest BCUT2D eigenvalue weighted by atomic mass is 10.2. The maximum Gasteiger partial charge on any atom is 0.407 e. The van der Waals surface area contributed by atoms with Crippen molar-refractivity contribution < 1.29 is 19.0 Å². The van der Waals surface area contributed by atoms with Crippen molar-refractivity contribution in [2.24, 2.45) is 0 Å². The monoisotopic (exact) mass is 279 g/mol. The summed E-state index contributed by atoms with van der Waals surface area (Å²) >= 11 is 0. The van der Waals surface area contributed by atoms with Crippen LogP contribution >= 0.6 is 0 Å². The maximum atomic E-state index is 13.3. The fourth-order valence-corrected chi connectivity index (χ4v) is 1.31. The second-order valence-corrected chi connectivity index (χ2v) is 5.14. The number of phenolic OH excluding ortho intramolecular Hbond substituents is 1. The zero-order valence-electron chi connectivity index (χ0n) is 11.8. The summed E-state index contributed by atoms with van der Waals surface area (Å²) in [6.07, 6.45) is -0.156. The molecule has 2 N–H and O–H groups in total. The number of ether oxygens (including phenoxy) is 1. The zero-order chi connectivity index (χ0) is 15.2. The molecule has 1 aromatic carbocycles. The molecule has 0 aliphatic carbocycles. The summed E-state index contributed by atoms with van der Waals surface area (Å²) in [7, 11) is 0. The SMILES string of the molecule is CC(C)(C)OC(=O)NCCC#Cc1cc(O)ccc1F. The minimum atomic E-state index is -0.541. The van der Waals surface area contributed by atoms with Gasteiger partial charge in [0, 0.05) is 13.0 Å². The van der Waals surface area contributed by atoms with Crippen LogP contribution in [-0.2, 0) is 4.74 Å². The highest BCUT2D eigenvalue weighted by molar-refractivity contribution is 5.67. The highest BCUT2D eigenvalue weighted by Gasteiger charge is 2.15. The molecule has 108 valence electrons. The molecule has 1 rings (SSSR count). The van der Waals surface area contributed by atoms with Crippen molar-refractivity contribution >= 4 is 6.09 Å².